The van der Waals surface area contributed by atoms with Gasteiger partial charge in [-0.1, -0.05) is 41.7 Å². The summed E-state index contributed by atoms with van der Waals surface area (Å²) < 4.78 is 40.7. The van der Waals surface area contributed by atoms with E-state index in [9.17, 15) is 17.6 Å². The van der Waals surface area contributed by atoms with E-state index in [2.05, 4.69) is 15.5 Å². The minimum Gasteiger partial charge on any atom is -0.320 e. The monoisotopic (exact) mass is 446 g/mol. The summed E-state index contributed by atoms with van der Waals surface area (Å²) in [6, 6.07) is 14.5. The summed E-state index contributed by atoms with van der Waals surface area (Å²) in [6.07, 6.45) is 1.06. The number of amides is 1. The van der Waals surface area contributed by atoms with Crippen molar-refractivity contribution >= 4 is 33.0 Å². The summed E-state index contributed by atoms with van der Waals surface area (Å²) in [6.45, 7) is 0.513. The fourth-order valence-corrected chi connectivity index (χ4v) is 5.78. The minimum atomic E-state index is -3.88. The van der Waals surface area contributed by atoms with Crippen LogP contribution in [0.4, 0.5) is 10.1 Å². The van der Waals surface area contributed by atoms with Crippen molar-refractivity contribution < 1.29 is 17.6 Å². The zero-order valence-electron chi connectivity index (χ0n) is 15.9. The van der Waals surface area contributed by atoms with E-state index in [0.717, 1.165) is 6.07 Å². The first-order valence-electron chi connectivity index (χ1n) is 9.39. The van der Waals surface area contributed by atoms with Crippen molar-refractivity contribution in [1.29, 1.82) is 0 Å². The fraction of sp³-hybridized carbons (Fsp3) is 0.250. The molecule has 1 aliphatic rings. The average molecular weight is 447 g/mol. The summed E-state index contributed by atoms with van der Waals surface area (Å²) in [5, 5.41) is 11.9. The zero-order chi connectivity index (χ0) is 21.1. The molecule has 0 aliphatic carbocycles. The Morgan fingerprint density at radius 3 is 2.40 bits per heavy atom. The molecule has 2 heterocycles. The van der Waals surface area contributed by atoms with Gasteiger partial charge in [-0.3, -0.25) is 4.79 Å². The molecule has 7 nitrogen and oxygen atoms in total. The molecule has 1 aromatic heterocycles. The molecule has 1 amide bonds. The molecule has 0 spiro atoms. The van der Waals surface area contributed by atoms with Crippen LogP contribution in [0, 0.1) is 5.82 Å². The number of nitrogens with zero attached hydrogens (tertiary/aromatic N) is 3. The SMILES string of the molecule is O=C(Nc1ccccc1)c1nnc(C2CCN(S(=O)(=O)c3ccccc3F)CC2)s1. The molecular weight excluding hydrogens is 427 g/mol. The Kier molecular flexibility index (Phi) is 5.89. The highest BCUT2D eigenvalue weighted by molar-refractivity contribution is 7.89. The Morgan fingerprint density at radius 2 is 1.70 bits per heavy atom. The maximum Gasteiger partial charge on any atom is 0.286 e. The van der Waals surface area contributed by atoms with E-state index >= 15 is 0 Å². The smallest absolute Gasteiger partial charge is 0.286 e. The molecule has 0 unspecified atom stereocenters. The number of nitrogens with one attached hydrogen (secondary N) is 1. The highest BCUT2D eigenvalue weighted by atomic mass is 32.2. The molecule has 1 fully saturated rings. The number of anilines is 1. The Labute approximate surface area is 177 Å². The van der Waals surface area contributed by atoms with Gasteiger partial charge in [0.1, 0.15) is 15.7 Å². The van der Waals surface area contributed by atoms with E-state index in [1.807, 2.05) is 18.2 Å². The third kappa shape index (κ3) is 4.25. The number of rotatable bonds is 5. The number of hydrogen-bond donors (Lipinski definition) is 1. The molecule has 0 saturated carbocycles. The van der Waals surface area contributed by atoms with Gasteiger partial charge in [0.25, 0.3) is 5.91 Å². The van der Waals surface area contributed by atoms with Crippen LogP contribution in [0.3, 0.4) is 0 Å². The van der Waals surface area contributed by atoms with E-state index in [4.69, 9.17) is 0 Å². The van der Waals surface area contributed by atoms with Crippen LogP contribution in [-0.2, 0) is 10.0 Å². The molecule has 1 N–H and O–H groups in total. The summed E-state index contributed by atoms with van der Waals surface area (Å²) in [5.74, 6) is -1.07. The van der Waals surface area contributed by atoms with Gasteiger partial charge in [0.05, 0.1) is 0 Å². The van der Waals surface area contributed by atoms with E-state index in [0.29, 0.717) is 23.5 Å². The lowest BCUT2D eigenvalue weighted by Crippen LogP contribution is -2.38. The lowest BCUT2D eigenvalue weighted by molar-refractivity contribution is 0.102. The number of carbonyl (C=O) groups is 1. The second kappa shape index (κ2) is 8.58. The van der Waals surface area contributed by atoms with Crippen molar-refractivity contribution in [3.05, 3.63) is 70.4 Å². The Morgan fingerprint density at radius 1 is 1.03 bits per heavy atom. The van der Waals surface area contributed by atoms with Crippen LogP contribution in [0.25, 0.3) is 0 Å². The van der Waals surface area contributed by atoms with Crippen LogP contribution in [0.1, 0.15) is 33.6 Å². The van der Waals surface area contributed by atoms with Crippen LogP contribution >= 0.6 is 11.3 Å². The molecule has 2 aromatic carbocycles. The molecule has 0 atom stereocenters. The Bertz CT molecular complexity index is 1140. The van der Waals surface area contributed by atoms with Crippen molar-refractivity contribution in [2.45, 2.75) is 23.7 Å². The van der Waals surface area contributed by atoms with Gasteiger partial charge in [-0.25, -0.2) is 12.8 Å². The third-order valence-corrected chi connectivity index (χ3v) is 7.94. The van der Waals surface area contributed by atoms with Gasteiger partial charge in [-0.2, -0.15) is 4.31 Å². The Balaban J connectivity index is 1.40. The maximum absolute atomic E-state index is 14.0. The third-order valence-electron chi connectivity index (χ3n) is 4.92. The summed E-state index contributed by atoms with van der Waals surface area (Å²) in [4.78, 5) is 12.0. The number of carbonyl (C=O) groups excluding carboxylic acids is 1. The second-order valence-corrected chi connectivity index (χ2v) is 9.79. The number of benzene rings is 2. The molecule has 0 bridgehead atoms. The molecule has 0 radical (unpaired) electrons. The highest BCUT2D eigenvalue weighted by Crippen LogP contribution is 2.32. The molecule has 30 heavy (non-hydrogen) atoms. The zero-order valence-corrected chi connectivity index (χ0v) is 17.5. The number of piperidine rings is 1. The number of para-hydroxylation sites is 1. The predicted molar refractivity (Wildman–Crippen MR) is 111 cm³/mol. The van der Waals surface area contributed by atoms with Gasteiger partial charge < -0.3 is 5.32 Å². The number of hydrogen-bond acceptors (Lipinski definition) is 6. The van der Waals surface area contributed by atoms with Crippen LogP contribution in [-0.4, -0.2) is 41.9 Å². The molecule has 1 aliphatic heterocycles. The highest BCUT2D eigenvalue weighted by Gasteiger charge is 2.33. The quantitative estimate of drug-likeness (QED) is 0.648. The van der Waals surface area contributed by atoms with Gasteiger partial charge in [0.2, 0.25) is 15.0 Å². The number of aromatic nitrogens is 2. The molecule has 3 aromatic rings. The molecule has 10 heteroatoms. The van der Waals surface area contributed by atoms with Crippen LogP contribution in [0.2, 0.25) is 0 Å². The Hall–Kier alpha value is -2.69. The van der Waals surface area contributed by atoms with Gasteiger partial charge >= 0.3 is 0 Å². The summed E-state index contributed by atoms with van der Waals surface area (Å²) in [7, 11) is -3.88. The van der Waals surface area contributed by atoms with Crippen LogP contribution < -0.4 is 5.32 Å². The average Bonchev–Trinajstić information content (AvgIpc) is 3.25. The maximum atomic E-state index is 14.0. The predicted octanol–water partition coefficient (Wildman–Crippen LogP) is 3.50. The van der Waals surface area contributed by atoms with Crippen molar-refractivity contribution in [2.24, 2.45) is 0 Å². The largest absolute Gasteiger partial charge is 0.320 e. The molecule has 156 valence electrons. The lowest BCUT2D eigenvalue weighted by Gasteiger charge is -2.30. The first-order chi connectivity index (χ1) is 14.4. The van der Waals surface area contributed by atoms with Crippen LogP contribution in [0.5, 0.6) is 0 Å². The van der Waals surface area contributed by atoms with Crippen LogP contribution in [0.15, 0.2) is 59.5 Å². The topological polar surface area (TPSA) is 92.3 Å². The first kappa shape index (κ1) is 20.6. The van der Waals surface area contributed by atoms with Gasteiger partial charge in [-0.05, 0) is 37.1 Å². The van der Waals surface area contributed by atoms with Crippen molar-refractivity contribution in [3.63, 3.8) is 0 Å². The second-order valence-electron chi connectivity index (χ2n) is 6.87. The van der Waals surface area contributed by atoms with Crippen molar-refractivity contribution in [3.8, 4) is 0 Å². The van der Waals surface area contributed by atoms with Crippen molar-refractivity contribution in [1.82, 2.24) is 14.5 Å². The summed E-state index contributed by atoms with van der Waals surface area (Å²) >= 11 is 1.21. The molecule has 4 rings (SSSR count). The van der Waals surface area contributed by atoms with Gasteiger partial charge in [0, 0.05) is 24.7 Å². The van der Waals surface area contributed by atoms with E-state index in [-0.39, 0.29) is 34.8 Å². The van der Waals surface area contributed by atoms with Gasteiger partial charge in [-0.15, -0.1) is 10.2 Å². The van der Waals surface area contributed by atoms with Crippen molar-refractivity contribution in [2.75, 3.05) is 18.4 Å². The summed E-state index contributed by atoms with van der Waals surface area (Å²) in [5.41, 5.74) is 0.672. The van der Waals surface area contributed by atoms with E-state index in [1.165, 1.54) is 33.8 Å². The van der Waals surface area contributed by atoms with Gasteiger partial charge in [0.15, 0.2) is 0 Å². The first-order valence-corrected chi connectivity index (χ1v) is 11.7. The lowest BCUT2D eigenvalue weighted by atomic mass is 9.99. The number of halogens is 1. The van der Waals surface area contributed by atoms with E-state index < -0.39 is 15.8 Å². The standard InChI is InChI=1S/C20H19FN4O3S2/c21-16-8-4-5-9-17(16)30(27,28)25-12-10-14(11-13-25)19-23-24-20(29-19)18(26)22-15-6-2-1-3-7-15/h1-9,14H,10-13H2,(H,22,26). The molecule has 1 saturated heterocycles. The normalized spacial score (nSPS) is 15.8. The molecular formula is C20H19FN4O3S2. The minimum absolute atomic E-state index is 0.00726. The number of sulfonamides is 1. The van der Waals surface area contributed by atoms with E-state index in [1.54, 1.807) is 12.1 Å². The fourth-order valence-electron chi connectivity index (χ4n) is 3.33.